The van der Waals surface area contributed by atoms with Crippen LogP contribution < -0.4 is 0 Å². The van der Waals surface area contributed by atoms with Gasteiger partial charge >= 0.3 is 0 Å². The highest BCUT2D eigenvalue weighted by Crippen LogP contribution is 2.48. The van der Waals surface area contributed by atoms with Gasteiger partial charge in [-0.15, -0.1) is 0 Å². The summed E-state index contributed by atoms with van der Waals surface area (Å²) >= 11 is 0. The molecule has 8 nitrogen and oxygen atoms in total. The van der Waals surface area contributed by atoms with Crippen molar-refractivity contribution in [2.75, 3.05) is 0 Å². The molecule has 0 atom stereocenters. The molecule has 0 amide bonds. The van der Waals surface area contributed by atoms with Crippen LogP contribution in [0.4, 0.5) is 0 Å². The minimum atomic E-state index is 0.796. The van der Waals surface area contributed by atoms with Gasteiger partial charge in [0, 0.05) is 104 Å². The molecule has 0 aliphatic rings. The minimum absolute atomic E-state index is 0.796. The van der Waals surface area contributed by atoms with Crippen LogP contribution in [0.1, 0.15) is 0 Å². The molecule has 0 saturated heterocycles. The number of fused-ring (bicyclic) bond motifs is 22. The van der Waals surface area contributed by atoms with Crippen LogP contribution in [0.25, 0.3) is 242 Å². The molecule has 28 aromatic rings. The second kappa shape index (κ2) is 30.6. The molecule has 0 aliphatic heterocycles. The number of hydrogen-bond donors (Lipinski definition) is 0. The van der Waals surface area contributed by atoms with Gasteiger partial charge in [-0.05, 0) is 171 Å². The number of aromatic nitrogens is 7. The van der Waals surface area contributed by atoms with Crippen molar-refractivity contribution in [2.24, 2.45) is 0 Å². The van der Waals surface area contributed by atoms with Crippen LogP contribution in [0, 0.1) is 0 Å². The first-order valence-corrected chi connectivity index (χ1v) is 44.8. The summed E-state index contributed by atoms with van der Waals surface area (Å²) in [6.07, 6.45) is 1.54. The molecule has 28 rings (SSSR count). The molecule has 0 aliphatic carbocycles. The Balaban J connectivity index is 0.000000105. The zero-order valence-electron chi connectivity index (χ0n) is 71.1. The largest absolute Gasteiger partial charge is 0.443 e. The summed E-state index contributed by atoms with van der Waals surface area (Å²) < 4.78 is 20.5. The lowest BCUT2D eigenvalue weighted by Gasteiger charge is -2.15. The summed E-state index contributed by atoms with van der Waals surface area (Å²) in [5, 5.41) is 19.9. The number of para-hydroxylation sites is 8. The summed E-state index contributed by atoms with van der Waals surface area (Å²) in [6, 6.07) is 171. The van der Waals surface area contributed by atoms with Crippen molar-refractivity contribution in [1.82, 2.24) is 32.4 Å². The fraction of sp³-hybridized carbons (Fsp3) is 0. The first kappa shape index (κ1) is 74.8. The highest BCUT2D eigenvalue weighted by Gasteiger charge is 2.27. The van der Waals surface area contributed by atoms with Crippen LogP contribution in [0.5, 0.6) is 0 Å². The van der Waals surface area contributed by atoms with E-state index < -0.39 is 0 Å². The molecular formula is C123H79N7O. The highest BCUT2D eigenvalue weighted by atomic mass is 16.3. The van der Waals surface area contributed by atoms with Gasteiger partial charge in [0.2, 0.25) is 0 Å². The number of benzene rings is 21. The fourth-order valence-electron chi connectivity index (χ4n) is 21.2. The van der Waals surface area contributed by atoms with E-state index in [0.29, 0.717) is 0 Å². The van der Waals surface area contributed by atoms with Crippen molar-refractivity contribution >= 4 is 163 Å². The molecule has 0 saturated carbocycles. The molecule has 21 aromatic carbocycles. The van der Waals surface area contributed by atoms with Gasteiger partial charge in [-0.3, -0.25) is 0 Å². The third kappa shape index (κ3) is 12.0. The third-order valence-corrected chi connectivity index (χ3v) is 26.9. The summed E-state index contributed by atoms with van der Waals surface area (Å²) in [6.45, 7) is 0. The van der Waals surface area contributed by atoms with E-state index in [0.717, 1.165) is 39.1 Å². The third-order valence-electron chi connectivity index (χ3n) is 26.9. The lowest BCUT2D eigenvalue weighted by molar-refractivity contribution is 0.603. The Morgan fingerprint density at radius 3 is 0.840 bits per heavy atom. The van der Waals surface area contributed by atoms with E-state index in [1.54, 1.807) is 0 Å². The standard InChI is InChI=1S/C50H32N2.C37H23N3O.C36H24N2/c1-3-15-33(16-4-1)35-27-29-47(39-21-9-7-19-37(35)39)51-45-25-13-11-23-41(45)43-32-50-44(31-49(43)51)42-24-12-14-26-46(42)52(50)48-30-28-36(34-17-5-2-6-18-34)38-20-8-10-22-40(38)48;1-3-11-24(12-4-1)31-21-26(22-32-37(31)41-23-38-32)40-34-18-10-8-16-28(34)30-20-19-29-27-15-7-9-17-33(27)39(35(29)36(30)40)25-13-5-2-6-14-25;1-3-11-25(12-4-1)26-19-21-28(22-20-26)38-34-18-10-8-16-30(34)32-23-35-31(24-36(32)38)29-15-7-9-17-33(29)37(35)27-13-5-2-6-14-27/h1-32H;1-23H;1-24H. The Morgan fingerprint density at radius 2 is 0.443 bits per heavy atom. The molecule has 0 N–H and O–H groups in total. The Bertz CT molecular complexity index is 9170. The van der Waals surface area contributed by atoms with Gasteiger partial charge in [0.15, 0.2) is 12.0 Å². The maximum Gasteiger partial charge on any atom is 0.182 e. The number of nitrogens with zero attached hydrogens (tertiary/aromatic N) is 7. The maximum atomic E-state index is 5.91. The fourth-order valence-corrected chi connectivity index (χ4v) is 21.2. The quantitative estimate of drug-likeness (QED) is 0.137. The Kier molecular flexibility index (Phi) is 17.5. The summed E-state index contributed by atoms with van der Waals surface area (Å²) in [4.78, 5) is 4.61. The first-order chi connectivity index (χ1) is 65.1. The second-order valence-electron chi connectivity index (χ2n) is 34.0. The van der Waals surface area contributed by atoms with E-state index in [1.165, 1.54) is 209 Å². The normalized spacial score (nSPS) is 11.8. The van der Waals surface area contributed by atoms with Crippen LogP contribution >= 0.6 is 0 Å². The predicted octanol–water partition coefficient (Wildman–Crippen LogP) is 32.8. The van der Waals surface area contributed by atoms with Crippen molar-refractivity contribution in [1.29, 1.82) is 0 Å². The summed E-state index contributed by atoms with van der Waals surface area (Å²) in [5.41, 5.74) is 32.5. The van der Waals surface area contributed by atoms with Gasteiger partial charge in [-0.2, -0.15) is 0 Å². The van der Waals surface area contributed by atoms with E-state index in [-0.39, 0.29) is 0 Å². The van der Waals surface area contributed by atoms with Gasteiger partial charge in [0.1, 0.15) is 5.52 Å². The molecular weight excluding hydrogens is 1590 g/mol. The summed E-state index contributed by atoms with van der Waals surface area (Å²) in [5.74, 6) is 0. The molecule has 131 heavy (non-hydrogen) atoms. The minimum Gasteiger partial charge on any atom is -0.443 e. The maximum absolute atomic E-state index is 5.91. The van der Waals surface area contributed by atoms with E-state index in [2.05, 4.69) is 499 Å². The van der Waals surface area contributed by atoms with Crippen molar-refractivity contribution < 1.29 is 4.42 Å². The lowest BCUT2D eigenvalue weighted by atomic mass is 9.97. The van der Waals surface area contributed by atoms with E-state index in [1.807, 2.05) is 6.07 Å². The predicted molar refractivity (Wildman–Crippen MR) is 550 cm³/mol. The molecule has 0 spiro atoms. The topological polar surface area (TPSA) is 55.6 Å². The SMILES string of the molecule is c1ccc(-c2cc(-n3c4ccccc4c4ccc5c6ccccc6n(-c6ccccc6)c5c43)cc3ncoc23)cc1.c1ccc(-c2ccc(-n3c4ccccc4c4cc5c(cc43)c3ccccc3n5-c3ccc(-c4ccccc4)c4ccccc34)c3ccccc23)cc1.c1ccc(-c2ccc(-n3c4ccccc4c4cc5c(cc43)c3ccccc3n5-c3ccccc3)cc2)cc1. The van der Waals surface area contributed by atoms with E-state index in [4.69, 9.17) is 4.42 Å². The number of hydrogen-bond acceptors (Lipinski definition) is 2. The lowest BCUT2D eigenvalue weighted by Crippen LogP contribution is -1.99. The molecule has 0 radical (unpaired) electrons. The number of rotatable bonds is 10. The zero-order chi connectivity index (χ0) is 86.1. The Labute approximate surface area is 753 Å². The second-order valence-corrected chi connectivity index (χ2v) is 34.0. The van der Waals surface area contributed by atoms with E-state index >= 15 is 0 Å². The van der Waals surface area contributed by atoms with Crippen molar-refractivity contribution in [3.05, 3.63) is 480 Å². The van der Waals surface area contributed by atoms with E-state index in [9.17, 15) is 0 Å². The van der Waals surface area contributed by atoms with Crippen LogP contribution in [0.3, 0.4) is 0 Å². The van der Waals surface area contributed by atoms with Crippen LogP contribution in [0.2, 0.25) is 0 Å². The van der Waals surface area contributed by atoms with Gasteiger partial charge in [0.25, 0.3) is 0 Å². The molecule has 8 heteroatoms. The van der Waals surface area contributed by atoms with Gasteiger partial charge in [-0.25, -0.2) is 4.98 Å². The summed E-state index contributed by atoms with van der Waals surface area (Å²) in [7, 11) is 0. The van der Waals surface area contributed by atoms with Crippen LogP contribution in [0.15, 0.2) is 484 Å². The Morgan fingerprint density at radius 1 is 0.160 bits per heavy atom. The molecule has 612 valence electrons. The Hall–Kier alpha value is -17.6. The smallest absolute Gasteiger partial charge is 0.182 e. The molecule has 0 fully saturated rings. The monoisotopic (exact) mass is 1670 g/mol. The molecule has 7 aromatic heterocycles. The molecule has 0 bridgehead atoms. The molecule has 0 unspecified atom stereocenters. The van der Waals surface area contributed by atoms with Gasteiger partial charge < -0.3 is 31.8 Å². The van der Waals surface area contributed by atoms with Crippen LogP contribution in [-0.2, 0) is 0 Å². The van der Waals surface area contributed by atoms with Gasteiger partial charge in [0.05, 0.1) is 77.6 Å². The van der Waals surface area contributed by atoms with Crippen molar-refractivity contribution in [3.8, 4) is 78.6 Å². The highest BCUT2D eigenvalue weighted by molar-refractivity contribution is 6.26. The molecule has 7 heterocycles. The van der Waals surface area contributed by atoms with Crippen molar-refractivity contribution in [3.63, 3.8) is 0 Å². The average Bonchev–Trinajstić information content (AvgIpc) is 1.56. The zero-order valence-corrected chi connectivity index (χ0v) is 71.1. The average molecular weight is 1670 g/mol. The van der Waals surface area contributed by atoms with Crippen LogP contribution in [-0.4, -0.2) is 32.4 Å². The number of oxazole rings is 1. The van der Waals surface area contributed by atoms with Gasteiger partial charge in [-0.1, -0.05) is 352 Å². The first-order valence-electron chi connectivity index (χ1n) is 44.8. The van der Waals surface area contributed by atoms with Crippen molar-refractivity contribution in [2.45, 2.75) is 0 Å².